The van der Waals surface area contributed by atoms with E-state index < -0.39 is 78.3 Å². The molecule has 0 fully saturated rings. The molecule has 0 aliphatic carbocycles. The molecular weight excluding hydrogens is 1030 g/mol. The standard InChI is InChI=1S/C49H64BrClF2N8O9S/c1-48(2,3)69-45(65)54-22-14-18-35-41(62)57-36(17-12-13-23-59(29-40(52)53)47(68)70-49(4,5)6)43(64)58(7)38(25-31-28-60(46(66)67)37-19-10-9-16-32(31)37)42(63)56-27-33-34(50)21-24-61(51)44(33)71-39-20-11-8-15-30(39)26-55-35/h8-11,15-16,19-21,28,35-36,38,40,55H,12-14,17-18,22-27,29H2,1-7H3,(H,54,65)(H,56,63)(H,57,62)(H,66,67)/t35-,36-,38-/m0/s1. The molecule has 2 aromatic carbocycles. The minimum Gasteiger partial charge on any atom is -0.464 e. The highest BCUT2D eigenvalue weighted by molar-refractivity contribution is 9.12. The topological polar surface area (TPSA) is 204 Å². The molecule has 0 bridgehead atoms. The summed E-state index contributed by atoms with van der Waals surface area (Å²) >= 11 is 11.9. The van der Waals surface area contributed by atoms with E-state index in [9.17, 15) is 37.9 Å². The first-order valence-corrected chi connectivity index (χ1v) is 25.3. The fourth-order valence-electron chi connectivity index (χ4n) is 7.92. The van der Waals surface area contributed by atoms with E-state index in [0.29, 0.717) is 44.5 Å². The normalized spacial score (nSPS) is 18.8. The number of aromatic nitrogens is 1. The highest BCUT2D eigenvalue weighted by Crippen LogP contribution is 2.40. The molecule has 3 atom stereocenters. The minimum absolute atomic E-state index is 0.0374. The summed E-state index contributed by atoms with van der Waals surface area (Å²) in [6.45, 7) is 9.72. The second-order valence-corrected chi connectivity index (χ2v) is 21.5. The number of carbonyl (C=O) groups is 6. The van der Waals surface area contributed by atoms with Gasteiger partial charge in [-0.15, -0.1) is 0 Å². The van der Waals surface area contributed by atoms with Gasteiger partial charge in [0.25, 0.3) is 6.43 Å². The van der Waals surface area contributed by atoms with Gasteiger partial charge in [0, 0.05) is 78.0 Å². The second kappa shape index (κ2) is 25.3. The van der Waals surface area contributed by atoms with Gasteiger partial charge in [-0.3, -0.25) is 23.4 Å². The van der Waals surface area contributed by atoms with Gasteiger partial charge < -0.3 is 45.6 Å². The van der Waals surface area contributed by atoms with E-state index in [4.69, 9.17) is 21.3 Å². The largest absolute Gasteiger partial charge is 0.464 e. The Morgan fingerprint density at radius 1 is 0.944 bits per heavy atom. The molecule has 71 heavy (non-hydrogen) atoms. The molecule has 0 spiro atoms. The van der Waals surface area contributed by atoms with Crippen molar-refractivity contribution in [2.24, 2.45) is 0 Å². The van der Waals surface area contributed by atoms with Crippen molar-refractivity contribution in [2.45, 2.75) is 127 Å². The van der Waals surface area contributed by atoms with Gasteiger partial charge in [-0.1, -0.05) is 64.1 Å². The number of nitrogens with zero attached hydrogens (tertiary/aromatic N) is 4. The summed E-state index contributed by atoms with van der Waals surface area (Å²) < 4.78 is 41.4. The molecule has 3 aromatic rings. The third kappa shape index (κ3) is 16.6. The van der Waals surface area contributed by atoms with E-state index in [1.807, 2.05) is 30.3 Å². The van der Waals surface area contributed by atoms with Crippen LogP contribution in [0.1, 0.15) is 84.8 Å². The number of thioether (sulfide) groups is 1. The van der Waals surface area contributed by atoms with E-state index in [-0.39, 0.29) is 58.3 Å². The van der Waals surface area contributed by atoms with Gasteiger partial charge in [-0.05, 0) is 103 Å². The van der Waals surface area contributed by atoms with Crippen LogP contribution in [-0.4, -0.2) is 135 Å². The third-order valence-electron chi connectivity index (χ3n) is 11.3. The molecule has 5 rings (SSSR count). The first kappa shape index (κ1) is 56.5. The number of alkyl carbamates (subject to hydrolysis) is 1. The van der Waals surface area contributed by atoms with Crippen LogP contribution in [0.2, 0.25) is 0 Å². The zero-order valence-electron chi connectivity index (χ0n) is 41.0. The second-order valence-electron chi connectivity index (χ2n) is 19.2. The SMILES string of the molecule is CN1C(=O)[C@H](CCCCN(CC(F)F)C(=O)OC(C)(C)C)NC(=O)[C@H](CCCNC(=O)OC(C)(C)C)NCc2ccccc2SC2=C(CNC(=O)[C@@H]1Cc1cn(C(=O)O)c3ccccc13)C(Br)=CCN2Cl. The first-order valence-electron chi connectivity index (χ1n) is 23.3. The molecule has 5 N–H and O–H groups in total. The van der Waals surface area contributed by atoms with Crippen molar-refractivity contribution in [3.05, 3.63) is 87.0 Å². The summed E-state index contributed by atoms with van der Waals surface area (Å²) in [5, 5.41) is 23.3. The average Bonchev–Trinajstić information content (AvgIpc) is 3.66. The number of benzene rings is 2. The highest BCUT2D eigenvalue weighted by atomic mass is 79.9. The van der Waals surface area contributed by atoms with Crippen LogP contribution in [0.25, 0.3) is 10.9 Å². The van der Waals surface area contributed by atoms with Gasteiger partial charge in [-0.2, -0.15) is 0 Å². The third-order valence-corrected chi connectivity index (χ3v) is 13.8. The number of para-hydroxylation sites is 1. The van der Waals surface area contributed by atoms with E-state index >= 15 is 4.79 Å². The number of fused-ring (bicyclic) bond motifs is 2. The number of unbranched alkanes of at least 4 members (excludes halogenated alkanes) is 1. The summed E-state index contributed by atoms with van der Waals surface area (Å²) in [4.78, 5) is 85.3. The lowest BCUT2D eigenvalue weighted by Gasteiger charge is -2.32. The van der Waals surface area contributed by atoms with Gasteiger partial charge in [-0.25, -0.2) is 23.2 Å². The molecular formula is C49H64BrClF2N8O9S. The van der Waals surface area contributed by atoms with Crippen molar-refractivity contribution in [2.75, 3.05) is 39.8 Å². The molecule has 2 aliphatic rings. The summed E-state index contributed by atoms with van der Waals surface area (Å²) in [6, 6.07) is 10.8. The van der Waals surface area contributed by atoms with Crippen molar-refractivity contribution in [3.8, 4) is 0 Å². The smallest absolute Gasteiger partial charge is 0.416 e. The van der Waals surface area contributed by atoms with Crippen LogP contribution in [0.5, 0.6) is 0 Å². The molecule has 0 radical (unpaired) electrons. The van der Waals surface area contributed by atoms with Crippen molar-refractivity contribution in [3.63, 3.8) is 0 Å². The highest BCUT2D eigenvalue weighted by Gasteiger charge is 2.36. The molecule has 2 aliphatic heterocycles. The molecule has 0 saturated carbocycles. The Morgan fingerprint density at radius 3 is 2.31 bits per heavy atom. The van der Waals surface area contributed by atoms with Gasteiger partial charge in [0.15, 0.2) is 0 Å². The number of ether oxygens (including phenoxy) is 2. The van der Waals surface area contributed by atoms with E-state index in [2.05, 4.69) is 37.2 Å². The van der Waals surface area contributed by atoms with E-state index in [1.165, 1.54) is 34.3 Å². The Hall–Kier alpha value is -5.38. The number of alkyl halides is 2. The molecule has 0 unspecified atom stereocenters. The molecule has 3 heterocycles. The lowest BCUT2D eigenvalue weighted by Crippen LogP contribution is -2.57. The Morgan fingerprint density at radius 2 is 1.62 bits per heavy atom. The Balaban J connectivity index is 1.56. The number of carbonyl (C=O) groups excluding carboxylic acids is 5. The number of hydrogen-bond donors (Lipinski definition) is 5. The maximum Gasteiger partial charge on any atom is 0.416 e. The van der Waals surface area contributed by atoms with Crippen molar-refractivity contribution in [1.82, 2.24) is 40.1 Å². The number of nitrogens with one attached hydrogen (secondary N) is 4. The Kier molecular flexibility index (Phi) is 20.2. The number of carboxylic acid groups (broad SMARTS) is 1. The monoisotopic (exact) mass is 1090 g/mol. The fraction of sp³-hybridized carbons (Fsp3) is 0.510. The summed E-state index contributed by atoms with van der Waals surface area (Å²) in [5.41, 5.74) is 0.600. The summed E-state index contributed by atoms with van der Waals surface area (Å²) in [5.74, 6) is -1.83. The molecule has 22 heteroatoms. The van der Waals surface area contributed by atoms with Crippen LogP contribution < -0.4 is 21.3 Å². The number of rotatable bonds is 13. The van der Waals surface area contributed by atoms with Gasteiger partial charge in [0.2, 0.25) is 17.7 Å². The Labute approximate surface area is 430 Å². The van der Waals surface area contributed by atoms with Crippen LogP contribution in [0.3, 0.4) is 0 Å². The predicted molar refractivity (Wildman–Crippen MR) is 271 cm³/mol. The maximum absolute atomic E-state index is 15.1. The lowest BCUT2D eigenvalue weighted by molar-refractivity contribution is -0.142. The van der Waals surface area contributed by atoms with Crippen LogP contribution >= 0.6 is 39.5 Å². The zero-order chi connectivity index (χ0) is 52.2. The summed E-state index contributed by atoms with van der Waals surface area (Å²) in [6.07, 6.45) is -1.77. The number of likely N-dealkylation sites (N-methyl/N-ethyl adjacent to an activating group) is 1. The first-order chi connectivity index (χ1) is 33.4. The lowest BCUT2D eigenvalue weighted by atomic mass is 10.0. The maximum atomic E-state index is 15.1. The van der Waals surface area contributed by atoms with Gasteiger partial charge in [0.05, 0.1) is 29.7 Å². The van der Waals surface area contributed by atoms with Crippen LogP contribution in [0.15, 0.2) is 80.8 Å². The Bertz CT molecular complexity index is 2480. The van der Waals surface area contributed by atoms with Crippen LogP contribution in [-0.2, 0) is 36.8 Å². The molecule has 0 saturated heterocycles. The van der Waals surface area contributed by atoms with Crippen molar-refractivity contribution < 1.29 is 52.1 Å². The molecule has 17 nitrogen and oxygen atoms in total. The molecule has 388 valence electrons. The quantitative estimate of drug-likeness (QED) is 0.0810. The molecule has 5 amide bonds. The van der Waals surface area contributed by atoms with Crippen LogP contribution in [0.4, 0.5) is 23.2 Å². The van der Waals surface area contributed by atoms with Crippen molar-refractivity contribution >= 4 is 86.4 Å². The van der Waals surface area contributed by atoms with E-state index in [1.54, 1.807) is 65.8 Å². The number of hydrogen-bond acceptors (Lipinski definition) is 11. The van der Waals surface area contributed by atoms with Gasteiger partial charge in [0.1, 0.15) is 23.3 Å². The minimum atomic E-state index is -2.84. The average molecular weight is 1090 g/mol. The van der Waals surface area contributed by atoms with Gasteiger partial charge >= 0.3 is 18.3 Å². The van der Waals surface area contributed by atoms with Crippen LogP contribution in [0, 0.1) is 0 Å². The summed E-state index contributed by atoms with van der Waals surface area (Å²) in [7, 11) is 1.43. The fourth-order valence-corrected chi connectivity index (χ4v) is 9.90. The van der Waals surface area contributed by atoms with E-state index in [0.717, 1.165) is 19.9 Å². The number of halogens is 4. The molecule has 1 aromatic heterocycles. The predicted octanol–water partition coefficient (Wildman–Crippen LogP) is 8.34. The zero-order valence-corrected chi connectivity index (χ0v) is 44.1. The van der Waals surface area contributed by atoms with Crippen molar-refractivity contribution in [1.29, 1.82) is 0 Å². The number of amides is 5.